The molecule has 59 heavy (non-hydrogen) atoms. The van der Waals surface area contributed by atoms with Crippen molar-refractivity contribution in [3.8, 4) is 0 Å². The molecule has 2 aliphatic heterocycles. The Balaban J connectivity index is 0.000000225. The number of piperidine rings is 2. The van der Waals surface area contributed by atoms with Crippen LogP contribution >= 0.6 is 0 Å². The molecule has 0 bridgehead atoms. The molecule has 4 aromatic rings. The van der Waals surface area contributed by atoms with Crippen molar-refractivity contribution in [2.45, 2.75) is 53.4 Å². The largest absolute Gasteiger partial charge is 0.453 e. The first-order valence-corrected chi connectivity index (χ1v) is 21.0. The van der Waals surface area contributed by atoms with Gasteiger partial charge in [0.05, 0.1) is 7.11 Å². The highest BCUT2D eigenvalue weighted by Gasteiger charge is 2.20. The lowest BCUT2D eigenvalue weighted by Crippen LogP contribution is -2.30. The Morgan fingerprint density at radius 2 is 1.07 bits per heavy atom. The summed E-state index contributed by atoms with van der Waals surface area (Å²) in [6, 6.07) is 31.9. The van der Waals surface area contributed by atoms with E-state index in [1.807, 2.05) is 104 Å². The first-order valence-electron chi connectivity index (χ1n) is 21.0. The van der Waals surface area contributed by atoms with Crippen molar-refractivity contribution in [1.82, 2.24) is 20.0 Å². The molecule has 10 nitrogen and oxygen atoms in total. The molecule has 0 atom stereocenters. The number of hydrogen-bond donors (Lipinski definition) is 3. The maximum atomic E-state index is 12.7. The lowest BCUT2D eigenvalue weighted by molar-refractivity contribution is 0.0765. The average molecular weight is 799 g/mol. The molecule has 4 N–H and O–H groups in total. The number of nitrogens with one attached hydrogen (secondary N) is 2. The number of amides is 3. The Morgan fingerprint density at radius 3 is 1.53 bits per heavy atom. The van der Waals surface area contributed by atoms with Gasteiger partial charge in [0.2, 0.25) is 0 Å². The lowest BCUT2D eigenvalue weighted by Gasteiger charge is -2.27. The zero-order chi connectivity index (χ0) is 42.3. The summed E-state index contributed by atoms with van der Waals surface area (Å²) in [7, 11) is 3.52. The van der Waals surface area contributed by atoms with Crippen molar-refractivity contribution in [2.24, 2.45) is 0 Å². The van der Waals surface area contributed by atoms with Crippen LogP contribution < -0.4 is 16.4 Å². The molecule has 4 aromatic carbocycles. The van der Waals surface area contributed by atoms with Crippen LogP contribution in [0.2, 0.25) is 0 Å². The van der Waals surface area contributed by atoms with E-state index in [2.05, 4.69) is 52.9 Å². The molecule has 3 amide bonds. The van der Waals surface area contributed by atoms with Crippen molar-refractivity contribution >= 4 is 40.4 Å². The molecule has 2 heterocycles. The van der Waals surface area contributed by atoms with Crippen molar-refractivity contribution in [3.05, 3.63) is 142 Å². The van der Waals surface area contributed by atoms with E-state index in [4.69, 9.17) is 10.5 Å². The molecular formula is C49H62N6O4. The minimum atomic E-state index is -0.493. The van der Waals surface area contributed by atoms with Gasteiger partial charge in [-0.1, -0.05) is 59.7 Å². The summed E-state index contributed by atoms with van der Waals surface area (Å²) in [4.78, 5) is 43.0. The number of methoxy groups -OCH3 is 1. The highest BCUT2D eigenvalue weighted by molar-refractivity contribution is 5.96. The van der Waals surface area contributed by atoms with E-state index in [0.717, 1.165) is 104 Å². The summed E-state index contributed by atoms with van der Waals surface area (Å²) in [5.74, 6) is 0.144. The van der Waals surface area contributed by atoms with E-state index in [1.54, 1.807) is 0 Å². The fraction of sp³-hybridized carbons (Fsp3) is 0.367. The number of rotatable bonds is 11. The van der Waals surface area contributed by atoms with Gasteiger partial charge in [-0.15, -0.1) is 0 Å². The summed E-state index contributed by atoms with van der Waals surface area (Å²) in [5.41, 5.74) is 18.7. The lowest BCUT2D eigenvalue weighted by atomic mass is 9.88. The summed E-state index contributed by atoms with van der Waals surface area (Å²) in [5, 5.41) is 6.15. The zero-order valence-electron chi connectivity index (χ0n) is 35.8. The minimum absolute atomic E-state index is 0.0527. The molecule has 10 heteroatoms. The quantitative estimate of drug-likeness (QED) is 0.130. The van der Waals surface area contributed by atoms with Crippen LogP contribution in [0, 0.1) is 0 Å². The number of nitrogen functional groups attached to an aromatic ring is 1. The van der Waals surface area contributed by atoms with E-state index >= 15 is 0 Å². The Hall–Kier alpha value is -5.71. The second kappa shape index (κ2) is 21.9. The molecule has 0 aliphatic carbocycles. The second-order valence-corrected chi connectivity index (χ2v) is 14.9. The summed E-state index contributed by atoms with van der Waals surface area (Å²) in [6.07, 6.45) is 3.54. The minimum Gasteiger partial charge on any atom is -0.453 e. The maximum absolute atomic E-state index is 12.7. The third-order valence-electron chi connectivity index (χ3n) is 11.2. The standard InChI is InChI=1S/C25H31N3O3.C24H31N3O/c1-4-28(5-2)24(29)20-11-9-18(10-12-20)23(19-13-15-26-16-14-19)21-7-6-8-22(17-21)27-25(30)31-3;1-4-27(5-2)24(28)20-11-9-18(10-12-20)23(19-13-15-26(3)16-14-19)21-7-6-8-22(25)17-21/h6-12,17,26H,4-5,13-16H2,1-3H3,(H,27,30);6-12,17H,4-5,13-16,25H2,1-3H3. The van der Waals surface area contributed by atoms with Gasteiger partial charge in [-0.05, 0) is 155 Å². The van der Waals surface area contributed by atoms with Gasteiger partial charge in [0.1, 0.15) is 0 Å². The normalized spacial score (nSPS) is 14.1. The number of nitrogens with zero attached hydrogens (tertiary/aromatic N) is 3. The number of anilines is 2. The highest BCUT2D eigenvalue weighted by Crippen LogP contribution is 2.34. The zero-order valence-corrected chi connectivity index (χ0v) is 35.8. The van der Waals surface area contributed by atoms with Crippen LogP contribution in [-0.2, 0) is 4.74 Å². The number of carbonyl (C=O) groups excluding carboxylic acids is 3. The van der Waals surface area contributed by atoms with Crippen LogP contribution in [0.4, 0.5) is 16.2 Å². The number of benzene rings is 4. The molecule has 2 saturated heterocycles. The molecule has 312 valence electrons. The van der Waals surface area contributed by atoms with Gasteiger partial charge in [-0.25, -0.2) is 4.79 Å². The van der Waals surface area contributed by atoms with E-state index in [1.165, 1.54) is 23.8 Å². The summed E-state index contributed by atoms with van der Waals surface area (Å²) < 4.78 is 4.72. The fourth-order valence-corrected chi connectivity index (χ4v) is 7.83. The predicted octanol–water partition coefficient (Wildman–Crippen LogP) is 8.81. The molecule has 0 aromatic heterocycles. The van der Waals surface area contributed by atoms with Crippen LogP contribution in [0.1, 0.15) is 96.3 Å². The van der Waals surface area contributed by atoms with Gasteiger partial charge in [0.25, 0.3) is 11.8 Å². The van der Waals surface area contributed by atoms with Crippen molar-refractivity contribution in [3.63, 3.8) is 0 Å². The number of nitrogens with two attached hydrogens (primary N) is 1. The van der Waals surface area contributed by atoms with Crippen LogP contribution in [0.25, 0.3) is 11.1 Å². The van der Waals surface area contributed by atoms with Crippen LogP contribution in [0.5, 0.6) is 0 Å². The predicted molar refractivity (Wildman–Crippen MR) is 242 cm³/mol. The Labute approximate surface area is 351 Å². The van der Waals surface area contributed by atoms with Gasteiger partial charge in [-0.2, -0.15) is 0 Å². The third kappa shape index (κ3) is 11.7. The van der Waals surface area contributed by atoms with E-state index in [-0.39, 0.29) is 11.8 Å². The van der Waals surface area contributed by atoms with E-state index < -0.39 is 6.09 Å². The first kappa shape index (κ1) is 44.4. The first-order chi connectivity index (χ1) is 28.6. The van der Waals surface area contributed by atoms with Crippen molar-refractivity contribution in [1.29, 1.82) is 0 Å². The van der Waals surface area contributed by atoms with Crippen molar-refractivity contribution < 1.29 is 19.1 Å². The van der Waals surface area contributed by atoms with Gasteiger partial charge in [0, 0.05) is 61.8 Å². The number of likely N-dealkylation sites (tertiary alicyclic amines) is 1. The molecule has 2 fully saturated rings. The van der Waals surface area contributed by atoms with E-state index in [0.29, 0.717) is 24.3 Å². The Kier molecular flexibility index (Phi) is 16.5. The van der Waals surface area contributed by atoms with Gasteiger partial charge < -0.3 is 30.5 Å². The van der Waals surface area contributed by atoms with Crippen LogP contribution in [0.15, 0.2) is 108 Å². The Bertz CT molecular complexity index is 2080. The SMILES string of the molecule is CCN(CC)C(=O)c1ccc(C(=C2CCN(C)CC2)c2cccc(N)c2)cc1.CCN(CC)C(=O)c1ccc(C(=C2CCNCC2)c2cccc(NC(=O)OC)c2)cc1. The second-order valence-electron chi connectivity index (χ2n) is 14.9. The van der Waals surface area contributed by atoms with Crippen LogP contribution in [-0.4, -0.2) is 99.1 Å². The topological polar surface area (TPSA) is 120 Å². The fourth-order valence-electron chi connectivity index (χ4n) is 7.83. The Morgan fingerprint density at radius 1 is 0.627 bits per heavy atom. The number of ether oxygens (including phenoxy) is 1. The molecular weight excluding hydrogens is 737 g/mol. The number of hydrogen-bond acceptors (Lipinski definition) is 7. The molecule has 6 rings (SSSR count). The molecule has 2 aliphatic rings. The van der Waals surface area contributed by atoms with Gasteiger partial charge in [0.15, 0.2) is 0 Å². The van der Waals surface area contributed by atoms with Crippen LogP contribution in [0.3, 0.4) is 0 Å². The molecule has 0 unspecified atom stereocenters. The average Bonchev–Trinajstić information content (AvgIpc) is 3.26. The highest BCUT2D eigenvalue weighted by atomic mass is 16.5. The molecule has 0 spiro atoms. The smallest absolute Gasteiger partial charge is 0.411 e. The summed E-state index contributed by atoms with van der Waals surface area (Å²) >= 11 is 0. The number of carbonyl (C=O) groups is 3. The van der Waals surface area contributed by atoms with Gasteiger partial charge >= 0.3 is 6.09 Å². The van der Waals surface area contributed by atoms with Crippen molar-refractivity contribution in [2.75, 3.05) is 77.6 Å². The maximum Gasteiger partial charge on any atom is 0.411 e. The molecule has 0 radical (unpaired) electrons. The van der Waals surface area contributed by atoms with E-state index in [9.17, 15) is 14.4 Å². The monoisotopic (exact) mass is 798 g/mol. The summed E-state index contributed by atoms with van der Waals surface area (Å²) in [6.45, 7) is 14.9. The van der Waals surface area contributed by atoms with Gasteiger partial charge in [-0.3, -0.25) is 14.9 Å². The third-order valence-corrected chi connectivity index (χ3v) is 11.2. The molecule has 0 saturated carbocycles.